The Morgan fingerprint density at radius 2 is 1.55 bits per heavy atom. The summed E-state index contributed by atoms with van der Waals surface area (Å²) < 4.78 is 23.9. The largest absolute Gasteiger partial charge is 0.497 e. The van der Waals surface area contributed by atoms with Crippen molar-refractivity contribution < 1.29 is 18.9 Å². The van der Waals surface area contributed by atoms with Crippen molar-refractivity contribution in [2.45, 2.75) is 13.0 Å². The Balaban J connectivity index is 0.000000244. The number of methoxy groups -OCH3 is 2. The first-order valence-electron chi connectivity index (χ1n) is 12.4. The van der Waals surface area contributed by atoms with E-state index in [1.165, 1.54) is 14.7 Å². The molecule has 0 spiro atoms. The number of allylic oxidation sites excluding steroid dienone is 1. The third-order valence-corrected chi connectivity index (χ3v) is 7.33. The summed E-state index contributed by atoms with van der Waals surface area (Å²) in [6, 6.07) is 30.6. The van der Waals surface area contributed by atoms with Gasteiger partial charge in [0.15, 0.2) is 0 Å². The summed E-state index contributed by atoms with van der Waals surface area (Å²) in [5, 5.41) is 0. The molecule has 4 aromatic carbocycles. The highest BCUT2D eigenvalue weighted by Crippen LogP contribution is 2.47. The van der Waals surface area contributed by atoms with Gasteiger partial charge in [-0.2, -0.15) is 0 Å². The van der Waals surface area contributed by atoms with Crippen LogP contribution in [-0.4, -0.2) is 20.8 Å². The summed E-state index contributed by atoms with van der Waals surface area (Å²) in [4.78, 5) is 0. The van der Waals surface area contributed by atoms with Crippen molar-refractivity contribution in [1.82, 2.24) is 0 Å². The van der Waals surface area contributed by atoms with E-state index >= 15 is 0 Å². The Morgan fingerprint density at radius 3 is 2.32 bits per heavy atom. The highest BCUT2D eigenvalue weighted by Gasteiger charge is 2.29. The van der Waals surface area contributed by atoms with Crippen molar-refractivity contribution in [3.63, 3.8) is 0 Å². The summed E-state index contributed by atoms with van der Waals surface area (Å²) in [7, 11) is 3.37. The van der Waals surface area contributed by atoms with Crippen molar-refractivity contribution in [2.24, 2.45) is 0 Å². The van der Waals surface area contributed by atoms with Crippen LogP contribution in [0.3, 0.4) is 0 Å². The minimum atomic E-state index is -0.190. The fraction of sp³-hybridized carbons (Fsp3) is 0.152. The van der Waals surface area contributed by atoms with Crippen LogP contribution in [-0.2, 0) is 0 Å². The standard InChI is InChI=1S/C24H21IO3.C9H8O/c1-15-21-14-20(27-3)11-12-22(21)28-24(16-7-9-18(25)10-8-16)23(15)17-5-4-6-19(13-17)26-2;1-2-6-9-8(4-1)5-3-7-10-9/h4-14,24H,1-3H3;1-6H,7H2. The molecule has 2 aliphatic rings. The zero-order chi connectivity index (χ0) is 26.5. The number of para-hydroxylation sites is 1. The van der Waals surface area contributed by atoms with Gasteiger partial charge in [0.25, 0.3) is 0 Å². The molecule has 0 bridgehead atoms. The van der Waals surface area contributed by atoms with E-state index in [9.17, 15) is 0 Å². The molecule has 6 rings (SSSR count). The summed E-state index contributed by atoms with van der Waals surface area (Å²) in [6.45, 7) is 2.85. The number of fused-ring (bicyclic) bond motifs is 2. The van der Waals surface area contributed by atoms with Crippen LogP contribution in [0.2, 0.25) is 0 Å². The molecule has 5 heteroatoms. The number of ether oxygens (including phenoxy) is 4. The third-order valence-electron chi connectivity index (χ3n) is 6.61. The van der Waals surface area contributed by atoms with Crippen LogP contribution in [0.1, 0.15) is 35.3 Å². The van der Waals surface area contributed by atoms with Gasteiger partial charge in [-0.3, -0.25) is 0 Å². The Labute approximate surface area is 237 Å². The lowest BCUT2D eigenvalue weighted by molar-refractivity contribution is 0.259. The maximum Gasteiger partial charge on any atom is 0.150 e. The normalized spacial score (nSPS) is 15.2. The molecule has 1 unspecified atom stereocenters. The van der Waals surface area contributed by atoms with E-state index in [1.807, 2.05) is 60.7 Å². The van der Waals surface area contributed by atoms with Crippen LogP contribution >= 0.6 is 22.6 Å². The van der Waals surface area contributed by atoms with Gasteiger partial charge in [-0.1, -0.05) is 48.5 Å². The van der Waals surface area contributed by atoms with E-state index in [0.29, 0.717) is 6.61 Å². The number of benzene rings is 4. The first kappa shape index (κ1) is 25.9. The van der Waals surface area contributed by atoms with Crippen molar-refractivity contribution in [2.75, 3.05) is 20.8 Å². The van der Waals surface area contributed by atoms with Gasteiger partial charge in [-0.25, -0.2) is 0 Å². The number of hydrogen-bond donors (Lipinski definition) is 0. The topological polar surface area (TPSA) is 36.9 Å². The fourth-order valence-electron chi connectivity index (χ4n) is 4.65. The SMILES string of the molecule is C1=Cc2ccccc2OC1.COc1cccc(C2=C(C)c3cc(OC)ccc3OC2c2ccc(I)cc2)c1. The van der Waals surface area contributed by atoms with Gasteiger partial charge in [-0.05, 0) is 101 Å². The van der Waals surface area contributed by atoms with Crippen molar-refractivity contribution in [3.8, 4) is 23.0 Å². The molecule has 4 aromatic rings. The molecular formula is C33H29IO4. The van der Waals surface area contributed by atoms with Crippen molar-refractivity contribution in [1.29, 1.82) is 0 Å². The molecule has 0 saturated carbocycles. The second-order valence-electron chi connectivity index (χ2n) is 8.93. The number of rotatable bonds is 4. The molecule has 0 aliphatic carbocycles. The molecule has 0 aromatic heterocycles. The van der Waals surface area contributed by atoms with Gasteiger partial charge in [0.1, 0.15) is 35.7 Å². The van der Waals surface area contributed by atoms with E-state index in [2.05, 4.69) is 72.0 Å². The summed E-state index contributed by atoms with van der Waals surface area (Å²) in [5.41, 5.74) is 6.76. The molecule has 0 saturated heterocycles. The zero-order valence-electron chi connectivity index (χ0n) is 21.6. The minimum Gasteiger partial charge on any atom is -0.497 e. The van der Waals surface area contributed by atoms with Gasteiger partial charge in [0.05, 0.1) is 14.2 Å². The van der Waals surface area contributed by atoms with Crippen LogP contribution in [0.15, 0.2) is 97.1 Å². The Kier molecular flexibility index (Phi) is 8.03. The van der Waals surface area contributed by atoms with Gasteiger partial charge in [0, 0.05) is 20.3 Å². The van der Waals surface area contributed by atoms with Gasteiger partial charge < -0.3 is 18.9 Å². The molecule has 192 valence electrons. The van der Waals surface area contributed by atoms with Gasteiger partial charge >= 0.3 is 0 Å². The highest BCUT2D eigenvalue weighted by molar-refractivity contribution is 14.1. The lowest BCUT2D eigenvalue weighted by Crippen LogP contribution is -2.16. The summed E-state index contributed by atoms with van der Waals surface area (Å²) in [6.07, 6.45) is 3.91. The summed E-state index contributed by atoms with van der Waals surface area (Å²) in [5.74, 6) is 3.51. The Morgan fingerprint density at radius 1 is 0.789 bits per heavy atom. The molecule has 0 radical (unpaired) electrons. The molecule has 2 aliphatic heterocycles. The molecule has 0 amide bonds. The lowest BCUT2D eigenvalue weighted by Gasteiger charge is -2.31. The molecule has 0 N–H and O–H groups in total. The van der Waals surface area contributed by atoms with E-state index in [-0.39, 0.29) is 6.10 Å². The average Bonchev–Trinajstić information content (AvgIpc) is 2.98. The maximum atomic E-state index is 6.51. The van der Waals surface area contributed by atoms with E-state index in [0.717, 1.165) is 45.3 Å². The molecule has 4 nitrogen and oxygen atoms in total. The van der Waals surface area contributed by atoms with Crippen LogP contribution in [0.5, 0.6) is 23.0 Å². The average molecular weight is 616 g/mol. The second-order valence-corrected chi connectivity index (χ2v) is 10.2. The smallest absolute Gasteiger partial charge is 0.150 e. The lowest BCUT2D eigenvalue weighted by atomic mass is 9.86. The Bertz CT molecular complexity index is 1490. The van der Waals surface area contributed by atoms with Gasteiger partial charge in [0.2, 0.25) is 0 Å². The Hall–Kier alpha value is -3.71. The molecule has 2 heterocycles. The van der Waals surface area contributed by atoms with Gasteiger partial charge in [-0.15, -0.1) is 0 Å². The molecule has 38 heavy (non-hydrogen) atoms. The quantitative estimate of drug-likeness (QED) is 0.216. The fourth-order valence-corrected chi connectivity index (χ4v) is 5.01. The molecule has 1 atom stereocenters. The number of hydrogen-bond acceptors (Lipinski definition) is 4. The predicted octanol–water partition coefficient (Wildman–Crippen LogP) is 8.47. The van der Waals surface area contributed by atoms with E-state index < -0.39 is 0 Å². The minimum absolute atomic E-state index is 0.190. The zero-order valence-corrected chi connectivity index (χ0v) is 23.8. The van der Waals surface area contributed by atoms with Crippen molar-refractivity contribution >= 4 is 39.8 Å². The first-order chi connectivity index (χ1) is 18.6. The van der Waals surface area contributed by atoms with Crippen molar-refractivity contribution in [3.05, 3.63) is 123 Å². The van der Waals surface area contributed by atoms with Crippen LogP contribution in [0.4, 0.5) is 0 Å². The first-order valence-corrected chi connectivity index (χ1v) is 13.5. The maximum absolute atomic E-state index is 6.51. The van der Waals surface area contributed by atoms with E-state index in [1.54, 1.807) is 14.2 Å². The van der Waals surface area contributed by atoms with Crippen LogP contribution in [0, 0.1) is 3.57 Å². The van der Waals surface area contributed by atoms with Crippen LogP contribution in [0.25, 0.3) is 17.2 Å². The molecule has 0 fully saturated rings. The summed E-state index contributed by atoms with van der Waals surface area (Å²) >= 11 is 2.32. The number of halogens is 1. The third kappa shape index (κ3) is 5.58. The molecular weight excluding hydrogens is 587 g/mol. The van der Waals surface area contributed by atoms with E-state index in [4.69, 9.17) is 18.9 Å². The second kappa shape index (κ2) is 11.8. The monoisotopic (exact) mass is 616 g/mol. The predicted molar refractivity (Wildman–Crippen MR) is 162 cm³/mol. The van der Waals surface area contributed by atoms with Crippen LogP contribution < -0.4 is 18.9 Å². The highest BCUT2D eigenvalue weighted by atomic mass is 127.